The maximum atomic E-state index is 11.9. The number of hydrogen-bond donors (Lipinski definition) is 3. The monoisotopic (exact) mass is 514 g/mol. The van der Waals surface area contributed by atoms with E-state index in [0.29, 0.717) is 43.8 Å². The number of fused-ring (bicyclic) bond motifs is 1. The smallest absolute Gasteiger partial charge is 0.433 e. The Labute approximate surface area is 218 Å². The second-order valence-electron chi connectivity index (χ2n) is 11.3. The van der Waals surface area contributed by atoms with E-state index in [2.05, 4.69) is 15.2 Å². The first-order chi connectivity index (χ1) is 17.9. The zero-order valence-corrected chi connectivity index (χ0v) is 22.2. The van der Waals surface area contributed by atoms with Gasteiger partial charge in [-0.1, -0.05) is 26.7 Å². The van der Waals surface area contributed by atoms with E-state index in [9.17, 15) is 4.79 Å². The second kappa shape index (κ2) is 11.8. The van der Waals surface area contributed by atoms with Gasteiger partial charge < -0.3 is 30.5 Å². The lowest BCUT2D eigenvalue weighted by molar-refractivity contribution is -0.139. The van der Waals surface area contributed by atoms with Gasteiger partial charge in [0.15, 0.2) is 17.0 Å². The molecule has 0 aromatic carbocycles. The van der Waals surface area contributed by atoms with Crippen LogP contribution in [-0.2, 0) is 9.57 Å². The van der Waals surface area contributed by atoms with E-state index in [-0.39, 0.29) is 12.0 Å². The number of piperidine rings is 1. The van der Waals surface area contributed by atoms with Crippen molar-refractivity contribution in [2.75, 3.05) is 30.3 Å². The first-order valence-electron chi connectivity index (χ1n) is 14.1. The van der Waals surface area contributed by atoms with Gasteiger partial charge in [0.2, 0.25) is 5.95 Å². The average Bonchev–Trinajstić information content (AvgIpc) is 3.56. The van der Waals surface area contributed by atoms with Gasteiger partial charge in [0.05, 0.1) is 12.9 Å². The molecule has 0 spiro atoms. The summed E-state index contributed by atoms with van der Waals surface area (Å²) in [6, 6.07) is 1.28. The van der Waals surface area contributed by atoms with Crippen LogP contribution in [0, 0.1) is 5.92 Å². The fraction of sp³-hybridized carbons (Fsp3) is 0.769. The highest BCUT2D eigenvalue weighted by atomic mass is 16.8. The van der Waals surface area contributed by atoms with E-state index in [1.807, 2.05) is 20.2 Å². The summed E-state index contributed by atoms with van der Waals surface area (Å²) in [6.07, 6.45) is 11.9. The molecule has 3 fully saturated rings. The topological polar surface area (TPSA) is 132 Å². The Morgan fingerprint density at radius 3 is 2.43 bits per heavy atom. The zero-order valence-electron chi connectivity index (χ0n) is 22.2. The van der Waals surface area contributed by atoms with Crippen molar-refractivity contribution in [2.45, 2.75) is 102 Å². The minimum absolute atomic E-state index is 0.196. The summed E-state index contributed by atoms with van der Waals surface area (Å²) >= 11 is 0. The number of rotatable bonds is 8. The van der Waals surface area contributed by atoms with Gasteiger partial charge in [-0.15, -0.1) is 5.06 Å². The van der Waals surface area contributed by atoms with Gasteiger partial charge in [-0.3, -0.25) is 0 Å². The summed E-state index contributed by atoms with van der Waals surface area (Å²) in [5, 5.41) is 8.92. The van der Waals surface area contributed by atoms with Gasteiger partial charge >= 0.3 is 6.16 Å². The molecule has 0 radical (unpaired) electrons. The molecule has 11 nitrogen and oxygen atoms in total. The Morgan fingerprint density at radius 1 is 1.03 bits per heavy atom. The highest BCUT2D eigenvalue weighted by molar-refractivity contribution is 5.84. The molecular weight excluding hydrogens is 472 g/mol. The van der Waals surface area contributed by atoms with Crippen molar-refractivity contribution in [1.29, 1.82) is 0 Å². The molecule has 1 saturated heterocycles. The lowest BCUT2D eigenvalue weighted by Gasteiger charge is -2.31. The van der Waals surface area contributed by atoms with Gasteiger partial charge in [0.1, 0.15) is 0 Å². The number of nitrogens with two attached hydrogens (primary N) is 1. The second-order valence-corrected chi connectivity index (χ2v) is 11.3. The highest BCUT2D eigenvalue weighted by Gasteiger charge is 2.27. The van der Waals surface area contributed by atoms with Gasteiger partial charge in [-0.05, 0) is 57.3 Å². The number of anilines is 2. The largest absolute Gasteiger partial charge is 0.527 e. The third kappa shape index (κ3) is 6.62. The molecule has 0 atom stereocenters. The fourth-order valence-corrected chi connectivity index (χ4v) is 5.63. The van der Waals surface area contributed by atoms with Crippen molar-refractivity contribution in [3.63, 3.8) is 0 Å². The number of nitrogens with one attached hydrogen (secondary N) is 2. The minimum Gasteiger partial charge on any atom is -0.433 e. The van der Waals surface area contributed by atoms with Gasteiger partial charge in [0, 0.05) is 37.3 Å². The number of carbonyl (C=O) groups is 1. The molecule has 2 aliphatic carbocycles. The molecule has 11 heteroatoms. The van der Waals surface area contributed by atoms with Crippen molar-refractivity contribution in [3.8, 4) is 0 Å². The lowest BCUT2D eigenvalue weighted by atomic mass is 9.92. The van der Waals surface area contributed by atoms with E-state index in [1.54, 1.807) is 5.06 Å². The molecule has 0 unspecified atom stereocenters. The van der Waals surface area contributed by atoms with Crippen LogP contribution in [0.3, 0.4) is 0 Å². The van der Waals surface area contributed by atoms with Crippen LogP contribution in [0.25, 0.3) is 11.2 Å². The molecule has 3 aliphatic rings. The maximum absolute atomic E-state index is 11.9. The normalized spacial score (nSPS) is 24.0. The minimum atomic E-state index is -0.630. The van der Waals surface area contributed by atoms with E-state index >= 15 is 0 Å². The van der Waals surface area contributed by atoms with Crippen LogP contribution in [-0.4, -0.2) is 68.6 Å². The number of carbonyl (C=O) groups excluding carboxylic acids is 1. The standard InChI is InChI=1S/C26H42N8O3/c1-17(2)15-36-26(35)37-33-13-11-20(12-14-33)29-23-22-24(34(16-28-22)21-5-3-4-6-21)32-25(31-23)30-19-9-7-18(27)8-10-19/h16-21H,3-15,27H2,1-2H3,(H2,29,30,31,32). The molecule has 2 aromatic rings. The van der Waals surface area contributed by atoms with Crippen LogP contribution >= 0.6 is 0 Å². The van der Waals surface area contributed by atoms with Crippen LogP contribution in [0.5, 0.6) is 0 Å². The Morgan fingerprint density at radius 2 is 1.73 bits per heavy atom. The van der Waals surface area contributed by atoms with Gasteiger partial charge in [-0.25, -0.2) is 9.78 Å². The first kappa shape index (κ1) is 26.0. The molecule has 3 heterocycles. The van der Waals surface area contributed by atoms with Gasteiger partial charge in [-0.2, -0.15) is 9.97 Å². The number of nitrogens with zero attached hydrogens (tertiary/aromatic N) is 5. The van der Waals surface area contributed by atoms with E-state index < -0.39 is 6.16 Å². The number of ether oxygens (including phenoxy) is 1. The summed E-state index contributed by atoms with van der Waals surface area (Å²) in [5.41, 5.74) is 7.83. The molecule has 1 aliphatic heterocycles. The predicted octanol–water partition coefficient (Wildman–Crippen LogP) is 4.22. The number of hydroxylamine groups is 2. The first-order valence-corrected chi connectivity index (χ1v) is 14.1. The lowest BCUT2D eigenvalue weighted by Crippen LogP contribution is -2.40. The number of hydrogen-bond acceptors (Lipinski definition) is 10. The molecule has 5 rings (SSSR count). The molecule has 0 bridgehead atoms. The molecule has 2 saturated carbocycles. The summed E-state index contributed by atoms with van der Waals surface area (Å²) in [4.78, 5) is 31.9. The molecule has 0 amide bonds. The van der Waals surface area contributed by atoms with Crippen LogP contribution < -0.4 is 16.4 Å². The molecule has 4 N–H and O–H groups in total. The third-order valence-corrected chi connectivity index (χ3v) is 7.78. The summed E-state index contributed by atoms with van der Waals surface area (Å²) in [6.45, 7) is 5.62. The average molecular weight is 515 g/mol. The van der Waals surface area contributed by atoms with E-state index in [4.69, 9.17) is 30.3 Å². The predicted molar refractivity (Wildman–Crippen MR) is 142 cm³/mol. The Kier molecular flexibility index (Phi) is 8.29. The Bertz CT molecular complexity index is 1040. The van der Waals surface area contributed by atoms with Crippen molar-refractivity contribution in [1.82, 2.24) is 24.6 Å². The maximum Gasteiger partial charge on any atom is 0.527 e. The summed E-state index contributed by atoms with van der Waals surface area (Å²) in [7, 11) is 0. The summed E-state index contributed by atoms with van der Waals surface area (Å²) in [5.74, 6) is 1.70. The fourth-order valence-electron chi connectivity index (χ4n) is 5.63. The Balaban J connectivity index is 1.27. The zero-order chi connectivity index (χ0) is 25.8. The molecule has 2 aromatic heterocycles. The van der Waals surface area contributed by atoms with E-state index in [0.717, 1.165) is 55.5 Å². The molecular formula is C26H42N8O3. The molecule has 204 valence electrons. The van der Waals surface area contributed by atoms with E-state index in [1.165, 1.54) is 25.7 Å². The van der Waals surface area contributed by atoms with Crippen molar-refractivity contribution >= 4 is 29.1 Å². The highest BCUT2D eigenvalue weighted by Crippen LogP contribution is 2.34. The van der Waals surface area contributed by atoms with Crippen LogP contribution in [0.4, 0.5) is 16.6 Å². The number of aromatic nitrogens is 4. The summed E-state index contributed by atoms with van der Waals surface area (Å²) < 4.78 is 7.39. The van der Waals surface area contributed by atoms with Crippen LogP contribution in [0.1, 0.15) is 84.1 Å². The van der Waals surface area contributed by atoms with Crippen molar-refractivity contribution in [2.24, 2.45) is 11.7 Å². The van der Waals surface area contributed by atoms with Crippen molar-refractivity contribution < 1.29 is 14.4 Å². The quantitative estimate of drug-likeness (QED) is 0.440. The Hall–Kier alpha value is -2.66. The van der Waals surface area contributed by atoms with Crippen LogP contribution in [0.2, 0.25) is 0 Å². The third-order valence-electron chi connectivity index (χ3n) is 7.78. The van der Waals surface area contributed by atoms with Gasteiger partial charge in [0.25, 0.3) is 0 Å². The molecule has 37 heavy (non-hydrogen) atoms. The van der Waals surface area contributed by atoms with Crippen LogP contribution in [0.15, 0.2) is 6.33 Å². The SMILES string of the molecule is CC(C)COC(=O)ON1CCC(Nc2nc(NC3CCC(N)CC3)nc3c2ncn3C2CCCC2)CC1. The van der Waals surface area contributed by atoms with Crippen molar-refractivity contribution in [3.05, 3.63) is 6.33 Å². The number of imidazole rings is 1.